The number of hydrogen-bond acceptors (Lipinski definition) is 4. The van der Waals surface area contributed by atoms with Gasteiger partial charge in [-0.05, 0) is 57.4 Å². The van der Waals surface area contributed by atoms with Crippen LogP contribution in [0.4, 0.5) is 11.4 Å². The van der Waals surface area contributed by atoms with Crippen LogP contribution in [0.25, 0.3) is 0 Å². The minimum absolute atomic E-state index is 0.163. The van der Waals surface area contributed by atoms with Gasteiger partial charge in [-0.3, -0.25) is 0 Å². The molecule has 1 unspecified atom stereocenters. The van der Waals surface area contributed by atoms with Crippen LogP contribution < -0.4 is 10.2 Å². The molecule has 2 N–H and O–H groups in total. The summed E-state index contributed by atoms with van der Waals surface area (Å²) in [6.07, 6.45) is 1.31. The average molecular weight is 349 g/mol. The molecule has 3 rings (SSSR count). The third kappa shape index (κ3) is 4.17. The maximum Gasteiger partial charge on any atom is 0.101 e. The van der Waals surface area contributed by atoms with Gasteiger partial charge >= 0.3 is 0 Å². The molecular formula is C22H27N3O. The van der Waals surface area contributed by atoms with Crippen molar-refractivity contribution in [3.05, 3.63) is 58.7 Å². The number of nitrogens with one attached hydrogen (secondary N) is 1. The highest BCUT2D eigenvalue weighted by atomic mass is 16.3. The zero-order chi connectivity index (χ0) is 18.7. The Labute approximate surface area is 156 Å². The van der Waals surface area contributed by atoms with Crippen LogP contribution in [0.15, 0.2) is 36.4 Å². The molecule has 26 heavy (non-hydrogen) atoms. The maximum atomic E-state index is 9.69. The van der Waals surface area contributed by atoms with Crippen molar-refractivity contribution < 1.29 is 5.11 Å². The second kappa shape index (κ2) is 7.80. The van der Waals surface area contributed by atoms with Crippen LogP contribution in [0.3, 0.4) is 0 Å². The van der Waals surface area contributed by atoms with Gasteiger partial charge in [-0.2, -0.15) is 5.26 Å². The Morgan fingerprint density at radius 1 is 1.12 bits per heavy atom. The molecular weight excluding hydrogens is 322 g/mol. The minimum atomic E-state index is -0.212. The molecule has 0 aromatic heterocycles. The number of aliphatic hydroxyl groups is 1. The van der Waals surface area contributed by atoms with Crippen LogP contribution >= 0.6 is 0 Å². The molecule has 1 heterocycles. The van der Waals surface area contributed by atoms with Crippen molar-refractivity contribution in [3.8, 4) is 6.07 Å². The molecule has 4 nitrogen and oxygen atoms in total. The van der Waals surface area contributed by atoms with Gasteiger partial charge in [0.15, 0.2) is 0 Å². The molecule has 1 atom stereocenters. The number of rotatable bonds is 4. The SMILES string of the molecule is Cc1cc(C)cc(C(C)Nc2ccc(N3CCC(O)CC3)c(C#N)c2)c1. The summed E-state index contributed by atoms with van der Waals surface area (Å²) in [6, 6.07) is 15.1. The fourth-order valence-electron chi connectivity index (χ4n) is 3.69. The number of piperidine rings is 1. The van der Waals surface area contributed by atoms with Crippen LogP contribution in [-0.2, 0) is 0 Å². The van der Waals surface area contributed by atoms with Gasteiger partial charge in [-0.1, -0.05) is 29.3 Å². The van der Waals surface area contributed by atoms with E-state index in [2.05, 4.69) is 55.3 Å². The van der Waals surface area contributed by atoms with Gasteiger partial charge in [0.25, 0.3) is 0 Å². The zero-order valence-corrected chi connectivity index (χ0v) is 15.8. The quantitative estimate of drug-likeness (QED) is 0.863. The fraction of sp³-hybridized carbons (Fsp3) is 0.409. The van der Waals surface area contributed by atoms with Gasteiger partial charge in [-0.15, -0.1) is 0 Å². The first-order valence-electron chi connectivity index (χ1n) is 9.28. The summed E-state index contributed by atoms with van der Waals surface area (Å²) < 4.78 is 0. The number of benzene rings is 2. The lowest BCUT2D eigenvalue weighted by molar-refractivity contribution is 0.145. The topological polar surface area (TPSA) is 59.3 Å². The Balaban J connectivity index is 1.78. The number of aryl methyl sites for hydroxylation is 2. The number of anilines is 2. The van der Waals surface area contributed by atoms with E-state index >= 15 is 0 Å². The van der Waals surface area contributed by atoms with Crippen molar-refractivity contribution >= 4 is 11.4 Å². The van der Waals surface area contributed by atoms with Crippen LogP contribution in [0.2, 0.25) is 0 Å². The van der Waals surface area contributed by atoms with Crippen molar-refractivity contribution in [1.82, 2.24) is 0 Å². The van der Waals surface area contributed by atoms with Crippen molar-refractivity contribution in [3.63, 3.8) is 0 Å². The lowest BCUT2D eigenvalue weighted by atomic mass is 10.0. The van der Waals surface area contributed by atoms with Gasteiger partial charge in [-0.25, -0.2) is 0 Å². The molecule has 2 aromatic rings. The number of aliphatic hydroxyl groups excluding tert-OH is 1. The zero-order valence-electron chi connectivity index (χ0n) is 15.8. The highest BCUT2D eigenvalue weighted by molar-refractivity contribution is 5.66. The highest BCUT2D eigenvalue weighted by Crippen LogP contribution is 2.28. The van der Waals surface area contributed by atoms with Gasteiger partial charge in [0, 0.05) is 24.8 Å². The van der Waals surface area contributed by atoms with Gasteiger partial charge in [0.2, 0.25) is 0 Å². The van der Waals surface area contributed by atoms with Gasteiger partial charge in [0.05, 0.1) is 17.4 Å². The van der Waals surface area contributed by atoms with Crippen molar-refractivity contribution in [1.29, 1.82) is 5.26 Å². The molecule has 1 saturated heterocycles. The molecule has 0 aliphatic carbocycles. The minimum Gasteiger partial charge on any atom is -0.393 e. The molecule has 0 bridgehead atoms. The Kier molecular flexibility index (Phi) is 5.49. The van der Waals surface area contributed by atoms with E-state index in [9.17, 15) is 10.4 Å². The van der Waals surface area contributed by atoms with Crippen LogP contribution in [0, 0.1) is 25.2 Å². The first-order chi connectivity index (χ1) is 12.5. The highest BCUT2D eigenvalue weighted by Gasteiger charge is 2.19. The summed E-state index contributed by atoms with van der Waals surface area (Å²) in [5.41, 5.74) is 6.36. The van der Waals surface area contributed by atoms with E-state index in [-0.39, 0.29) is 12.1 Å². The molecule has 2 aromatic carbocycles. The Morgan fingerprint density at radius 2 is 1.77 bits per heavy atom. The second-order valence-corrected chi connectivity index (χ2v) is 7.35. The van der Waals surface area contributed by atoms with Crippen molar-refractivity contribution in [2.45, 2.75) is 45.8 Å². The summed E-state index contributed by atoms with van der Waals surface area (Å²) in [5.74, 6) is 0. The molecule has 1 fully saturated rings. The van der Waals surface area contributed by atoms with Crippen LogP contribution in [0.1, 0.15) is 48.1 Å². The van der Waals surface area contributed by atoms with E-state index in [1.807, 2.05) is 18.2 Å². The van der Waals surface area contributed by atoms with E-state index in [0.29, 0.717) is 5.56 Å². The first-order valence-corrected chi connectivity index (χ1v) is 9.28. The molecule has 0 spiro atoms. The molecule has 0 amide bonds. The van der Waals surface area contributed by atoms with Crippen LogP contribution in [0.5, 0.6) is 0 Å². The van der Waals surface area contributed by atoms with E-state index in [1.54, 1.807) is 0 Å². The normalized spacial score (nSPS) is 16.2. The van der Waals surface area contributed by atoms with E-state index in [4.69, 9.17) is 0 Å². The third-order valence-corrected chi connectivity index (χ3v) is 5.05. The van der Waals surface area contributed by atoms with Crippen molar-refractivity contribution in [2.75, 3.05) is 23.3 Å². The van der Waals surface area contributed by atoms with Gasteiger partial charge in [0.1, 0.15) is 6.07 Å². The lowest BCUT2D eigenvalue weighted by Gasteiger charge is -2.32. The number of nitriles is 1. The van der Waals surface area contributed by atoms with Crippen LogP contribution in [-0.4, -0.2) is 24.3 Å². The Bertz CT molecular complexity index is 796. The standard InChI is InChI=1S/C22H27N3O/c1-15-10-16(2)12-18(11-15)17(3)24-20-4-5-22(19(13-20)14-23)25-8-6-21(26)7-9-25/h4-5,10-13,17,21,24,26H,6-9H2,1-3H3. The Morgan fingerprint density at radius 3 is 2.38 bits per heavy atom. The van der Waals surface area contributed by atoms with E-state index in [0.717, 1.165) is 37.3 Å². The first kappa shape index (κ1) is 18.3. The smallest absolute Gasteiger partial charge is 0.101 e. The predicted octanol–water partition coefficient (Wildman–Crippen LogP) is 4.31. The summed E-state index contributed by atoms with van der Waals surface area (Å²) in [6.45, 7) is 7.95. The maximum absolute atomic E-state index is 9.69. The lowest BCUT2D eigenvalue weighted by Crippen LogP contribution is -2.36. The molecule has 4 heteroatoms. The Hall–Kier alpha value is -2.51. The fourth-order valence-corrected chi connectivity index (χ4v) is 3.69. The number of nitrogens with zero attached hydrogens (tertiary/aromatic N) is 2. The molecule has 0 saturated carbocycles. The largest absolute Gasteiger partial charge is 0.393 e. The predicted molar refractivity (Wildman–Crippen MR) is 107 cm³/mol. The van der Waals surface area contributed by atoms with E-state index < -0.39 is 0 Å². The summed E-state index contributed by atoms with van der Waals surface area (Å²) in [7, 11) is 0. The molecule has 136 valence electrons. The van der Waals surface area contributed by atoms with E-state index in [1.165, 1.54) is 16.7 Å². The molecule has 0 radical (unpaired) electrons. The monoisotopic (exact) mass is 349 g/mol. The third-order valence-electron chi connectivity index (χ3n) is 5.05. The molecule has 1 aliphatic heterocycles. The van der Waals surface area contributed by atoms with Crippen molar-refractivity contribution in [2.24, 2.45) is 0 Å². The number of hydrogen-bond donors (Lipinski definition) is 2. The summed E-state index contributed by atoms with van der Waals surface area (Å²) >= 11 is 0. The average Bonchev–Trinajstić information content (AvgIpc) is 2.61. The summed E-state index contributed by atoms with van der Waals surface area (Å²) in [4.78, 5) is 2.20. The summed E-state index contributed by atoms with van der Waals surface area (Å²) in [5, 5.41) is 22.8. The molecule has 1 aliphatic rings. The van der Waals surface area contributed by atoms with Gasteiger partial charge < -0.3 is 15.3 Å². The second-order valence-electron chi connectivity index (χ2n) is 7.35.